The zero-order chi connectivity index (χ0) is 17.0. The second-order valence-corrected chi connectivity index (χ2v) is 6.90. The molecule has 0 spiro atoms. The van der Waals surface area contributed by atoms with E-state index in [1.54, 1.807) is 0 Å². The van der Waals surface area contributed by atoms with Crippen molar-refractivity contribution >= 4 is 5.91 Å². The summed E-state index contributed by atoms with van der Waals surface area (Å²) in [7, 11) is 1.83. The van der Waals surface area contributed by atoms with E-state index in [1.165, 1.54) is 6.42 Å². The molecule has 1 saturated carbocycles. The lowest BCUT2D eigenvalue weighted by atomic mass is 9.91. The van der Waals surface area contributed by atoms with Crippen molar-refractivity contribution in [1.29, 1.82) is 0 Å². The maximum absolute atomic E-state index is 12.5. The third-order valence-electron chi connectivity index (χ3n) is 5.29. The van der Waals surface area contributed by atoms with Gasteiger partial charge in [-0.15, -0.1) is 0 Å². The third-order valence-corrected chi connectivity index (χ3v) is 5.29. The minimum absolute atomic E-state index is 0.0479. The minimum Gasteiger partial charge on any atom is -0.383 e. The molecule has 0 aromatic heterocycles. The molecule has 1 amide bonds. The smallest absolute Gasteiger partial charge is 0.383 e. The van der Waals surface area contributed by atoms with Gasteiger partial charge in [-0.1, -0.05) is 19.3 Å². The van der Waals surface area contributed by atoms with Crippen molar-refractivity contribution in [3.63, 3.8) is 0 Å². The van der Waals surface area contributed by atoms with Gasteiger partial charge < -0.3 is 10.0 Å². The lowest BCUT2D eigenvalue weighted by Crippen LogP contribution is -2.48. The monoisotopic (exact) mass is 336 g/mol. The van der Waals surface area contributed by atoms with Gasteiger partial charge >= 0.3 is 6.18 Å². The number of carbonyl (C=O) groups excluding carboxylic acids is 1. The number of alkyl halides is 3. The van der Waals surface area contributed by atoms with Gasteiger partial charge in [0.1, 0.15) is 0 Å². The van der Waals surface area contributed by atoms with Gasteiger partial charge in [-0.25, -0.2) is 0 Å². The molecule has 4 nitrogen and oxygen atoms in total. The zero-order valence-corrected chi connectivity index (χ0v) is 13.7. The van der Waals surface area contributed by atoms with E-state index in [-0.39, 0.29) is 25.3 Å². The van der Waals surface area contributed by atoms with Crippen molar-refractivity contribution in [2.45, 2.75) is 63.3 Å². The van der Waals surface area contributed by atoms with Gasteiger partial charge in [0.25, 0.3) is 0 Å². The van der Waals surface area contributed by atoms with E-state index in [9.17, 15) is 23.1 Å². The first-order valence-electron chi connectivity index (χ1n) is 8.52. The molecule has 1 heterocycles. The minimum atomic E-state index is -4.55. The highest BCUT2D eigenvalue weighted by Gasteiger charge is 2.44. The van der Waals surface area contributed by atoms with Gasteiger partial charge in [0.2, 0.25) is 5.91 Å². The number of aliphatic hydroxyl groups is 1. The summed E-state index contributed by atoms with van der Waals surface area (Å²) >= 11 is 0. The normalized spacial score (nSPS) is 23.7. The number of likely N-dealkylation sites (tertiary alicyclic amines) is 1. The summed E-state index contributed by atoms with van der Waals surface area (Å²) in [6.07, 6.45) is -0.610. The molecule has 1 atom stereocenters. The van der Waals surface area contributed by atoms with Crippen LogP contribution in [0.5, 0.6) is 0 Å². The average molecular weight is 336 g/mol. The quantitative estimate of drug-likeness (QED) is 0.857. The molecule has 0 bridgehead atoms. The number of nitrogens with zero attached hydrogens (tertiary/aromatic N) is 2. The van der Waals surface area contributed by atoms with Crippen LogP contribution in [0.3, 0.4) is 0 Å². The number of halogens is 3. The lowest BCUT2D eigenvalue weighted by Gasteiger charge is -2.36. The number of carbonyl (C=O) groups is 1. The summed E-state index contributed by atoms with van der Waals surface area (Å²) in [5, 5.41) is 9.32. The Morgan fingerprint density at radius 1 is 1.17 bits per heavy atom. The summed E-state index contributed by atoms with van der Waals surface area (Å²) in [5.74, 6) is -0.704. The summed E-state index contributed by atoms with van der Waals surface area (Å²) in [4.78, 5) is 16.1. The van der Waals surface area contributed by atoms with Crippen LogP contribution in [0.1, 0.15) is 44.9 Å². The number of aliphatic hydroxyl groups excluding tert-OH is 1. The number of piperidine rings is 1. The molecule has 2 rings (SSSR count). The van der Waals surface area contributed by atoms with Crippen LogP contribution in [0.15, 0.2) is 0 Å². The molecule has 0 aromatic rings. The molecule has 1 unspecified atom stereocenters. The number of hydrogen-bond donors (Lipinski definition) is 1. The Morgan fingerprint density at radius 3 is 2.26 bits per heavy atom. The molecule has 134 valence electrons. The van der Waals surface area contributed by atoms with E-state index in [2.05, 4.69) is 0 Å². The summed E-state index contributed by atoms with van der Waals surface area (Å²) in [6.45, 7) is 1.13. The van der Waals surface area contributed by atoms with Gasteiger partial charge in [-0.3, -0.25) is 9.69 Å². The summed E-state index contributed by atoms with van der Waals surface area (Å²) < 4.78 is 37.6. The van der Waals surface area contributed by atoms with E-state index in [0.29, 0.717) is 19.1 Å². The Hall–Kier alpha value is -0.820. The van der Waals surface area contributed by atoms with Crippen molar-refractivity contribution in [2.24, 2.45) is 5.92 Å². The molecule has 1 aliphatic carbocycles. The van der Waals surface area contributed by atoms with Crippen molar-refractivity contribution in [3.8, 4) is 0 Å². The Kier molecular flexibility index (Phi) is 6.31. The topological polar surface area (TPSA) is 43.8 Å². The zero-order valence-electron chi connectivity index (χ0n) is 13.7. The van der Waals surface area contributed by atoms with Crippen molar-refractivity contribution in [3.05, 3.63) is 0 Å². The lowest BCUT2D eigenvalue weighted by molar-refractivity contribution is -0.223. The van der Waals surface area contributed by atoms with Gasteiger partial charge in [0, 0.05) is 13.1 Å². The number of hydrogen-bond acceptors (Lipinski definition) is 3. The molecule has 0 radical (unpaired) electrons. The molecule has 2 fully saturated rings. The van der Waals surface area contributed by atoms with E-state index < -0.39 is 18.2 Å². The fourth-order valence-corrected chi connectivity index (χ4v) is 3.67. The van der Waals surface area contributed by atoms with Crippen LogP contribution in [-0.4, -0.2) is 65.8 Å². The van der Waals surface area contributed by atoms with Gasteiger partial charge in [-0.2, -0.15) is 13.2 Å². The van der Waals surface area contributed by atoms with Crippen LogP contribution in [0, 0.1) is 5.92 Å². The van der Waals surface area contributed by atoms with Crippen molar-refractivity contribution in [1.82, 2.24) is 9.80 Å². The Morgan fingerprint density at radius 2 is 1.74 bits per heavy atom. The highest BCUT2D eigenvalue weighted by Crippen LogP contribution is 2.31. The van der Waals surface area contributed by atoms with E-state index >= 15 is 0 Å². The largest absolute Gasteiger partial charge is 0.414 e. The number of amides is 1. The van der Waals surface area contributed by atoms with Crippen LogP contribution in [-0.2, 0) is 4.79 Å². The predicted molar refractivity (Wildman–Crippen MR) is 80.9 cm³/mol. The second kappa shape index (κ2) is 7.83. The van der Waals surface area contributed by atoms with Crippen LogP contribution in [0.25, 0.3) is 0 Å². The first-order valence-corrected chi connectivity index (χ1v) is 8.52. The molecular formula is C16H27F3N2O2. The molecule has 1 aliphatic heterocycles. The SMILES string of the molecule is CN(C(=O)CN1CCC(C(O)C(F)(F)F)CC1)C1CCCCC1. The molecule has 2 aliphatic rings. The fraction of sp³-hybridized carbons (Fsp3) is 0.938. The second-order valence-electron chi connectivity index (χ2n) is 6.90. The van der Waals surface area contributed by atoms with Crippen LogP contribution in [0.4, 0.5) is 13.2 Å². The predicted octanol–water partition coefficient (Wildman–Crippen LogP) is 2.41. The Labute approximate surface area is 135 Å². The summed E-state index contributed by atoms with van der Waals surface area (Å²) in [5.41, 5.74) is 0. The Balaban J connectivity index is 1.76. The fourth-order valence-electron chi connectivity index (χ4n) is 3.67. The van der Waals surface area contributed by atoms with E-state index in [4.69, 9.17) is 0 Å². The third kappa shape index (κ3) is 5.08. The number of rotatable bonds is 4. The molecule has 7 heteroatoms. The highest BCUT2D eigenvalue weighted by atomic mass is 19.4. The van der Waals surface area contributed by atoms with Gasteiger partial charge in [-0.05, 0) is 44.7 Å². The maximum Gasteiger partial charge on any atom is 0.414 e. The van der Waals surface area contributed by atoms with E-state index in [0.717, 1.165) is 25.7 Å². The van der Waals surface area contributed by atoms with Gasteiger partial charge in [0.15, 0.2) is 6.10 Å². The number of likely N-dealkylation sites (N-methyl/N-ethyl adjacent to an activating group) is 1. The van der Waals surface area contributed by atoms with Crippen molar-refractivity contribution < 1.29 is 23.1 Å². The van der Waals surface area contributed by atoms with Crippen LogP contribution >= 0.6 is 0 Å². The molecular weight excluding hydrogens is 309 g/mol. The van der Waals surface area contributed by atoms with Crippen molar-refractivity contribution in [2.75, 3.05) is 26.7 Å². The molecule has 23 heavy (non-hydrogen) atoms. The van der Waals surface area contributed by atoms with Crippen LogP contribution < -0.4 is 0 Å². The van der Waals surface area contributed by atoms with E-state index in [1.807, 2.05) is 16.8 Å². The first-order chi connectivity index (χ1) is 10.8. The maximum atomic E-state index is 12.5. The van der Waals surface area contributed by atoms with Gasteiger partial charge in [0.05, 0.1) is 6.54 Å². The molecule has 1 saturated heterocycles. The highest BCUT2D eigenvalue weighted by molar-refractivity contribution is 5.78. The standard InChI is InChI=1S/C16H27F3N2O2/c1-20(13-5-3-2-4-6-13)14(22)11-21-9-7-12(8-10-21)15(23)16(17,18)19/h12-13,15,23H,2-11H2,1H3. The average Bonchev–Trinajstić information content (AvgIpc) is 2.54. The molecule has 1 N–H and O–H groups in total. The summed E-state index contributed by atoms with van der Waals surface area (Å²) in [6, 6.07) is 0.306. The first kappa shape index (κ1) is 18.5. The molecule has 0 aromatic carbocycles. The van der Waals surface area contributed by atoms with Crippen LogP contribution in [0.2, 0.25) is 0 Å². The Bertz CT molecular complexity index is 389.